The van der Waals surface area contributed by atoms with Crippen LogP contribution < -0.4 is 16.0 Å². The number of carbonyl (C=O) groups is 3. The lowest BCUT2D eigenvalue weighted by Gasteiger charge is -2.31. The summed E-state index contributed by atoms with van der Waals surface area (Å²) in [4.78, 5) is 37.8. The van der Waals surface area contributed by atoms with Gasteiger partial charge in [-0.05, 0) is 49.2 Å². The molecule has 1 aliphatic heterocycles. The van der Waals surface area contributed by atoms with E-state index in [-0.39, 0.29) is 23.8 Å². The van der Waals surface area contributed by atoms with Gasteiger partial charge in [-0.15, -0.1) is 0 Å². The Bertz CT molecular complexity index is 844. The lowest BCUT2D eigenvalue weighted by molar-refractivity contribution is -0.117. The minimum absolute atomic E-state index is 0.0297. The fraction of sp³-hybridized carbons (Fsp3) is 0.318. The van der Waals surface area contributed by atoms with Gasteiger partial charge in [0.25, 0.3) is 5.91 Å². The molecule has 2 aromatic carbocycles. The van der Waals surface area contributed by atoms with Gasteiger partial charge in [0.05, 0.1) is 6.54 Å². The van der Waals surface area contributed by atoms with Crippen LogP contribution >= 0.6 is 0 Å². The Hall–Kier alpha value is -3.19. The summed E-state index contributed by atoms with van der Waals surface area (Å²) < 4.78 is 0. The molecular formula is C22H26N4O3. The van der Waals surface area contributed by atoms with E-state index in [1.54, 1.807) is 24.3 Å². The van der Waals surface area contributed by atoms with Gasteiger partial charge in [-0.3, -0.25) is 19.3 Å². The fourth-order valence-corrected chi connectivity index (χ4v) is 3.34. The Morgan fingerprint density at radius 1 is 0.897 bits per heavy atom. The molecule has 7 nitrogen and oxygen atoms in total. The number of carbonyl (C=O) groups excluding carboxylic acids is 3. The van der Waals surface area contributed by atoms with Crippen LogP contribution in [0, 0.1) is 0 Å². The number of rotatable bonds is 6. The Kier molecular flexibility index (Phi) is 6.97. The Balaban J connectivity index is 1.41. The van der Waals surface area contributed by atoms with E-state index in [1.165, 1.54) is 6.92 Å². The van der Waals surface area contributed by atoms with Crippen molar-refractivity contribution in [2.24, 2.45) is 0 Å². The zero-order chi connectivity index (χ0) is 20.6. The van der Waals surface area contributed by atoms with Crippen LogP contribution in [0.3, 0.4) is 0 Å². The molecule has 29 heavy (non-hydrogen) atoms. The number of nitrogens with one attached hydrogen (secondary N) is 3. The van der Waals surface area contributed by atoms with E-state index in [1.807, 2.05) is 30.3 Å². The normalized spacial score (nSPS) is 14.8. The number of likely N-dealkylation sites (tertiary alicyclic amines) is 1. The number of piperidine rings is 1. The van der Waals surface area contributed by atoms with E-state index in [0.29, 0.717) is 17.8 Å². The van der Waals surface area contributed by atoms with Gasteiger partial charge < -0.3 is 16.0 Å². The third kappa shape index (κ3) is 6.43. The Morgan fingerprint density at radius 2 is 1.52 bits per heavy atom. The summed E-state index contributed by atoms with van der Waals surface area (Å²) in [6.07, 6.45) is 1.60. The van der Waals surface area contributed by atoms with Gasteiger partial charge in [0.15, 0.2) is 0 Å². The van der Waals surface area contributed by atoms with Crippen LogP contribution in [-0.2, 0) is 9.59 Å². The summed E-state index contributed by atoms with van der Waals surface area (Å²) in [5.74, 6) is -0.302. The minimum Gasteiger partial charge on any atom is -0.349 e. The monoisotopic (exact) mass is 394 g/mol. The number of anilines is 2. The van der Waals surface area contributed by atoms with Gasteiger partial charge in [-0.2, -0.15) is 0 Å². The highest BCUT2D eigenvalue weighted by Gasteiger charge is 2.22. The van der Waals surface area contributed by atoms with Crippen molar-refractivity contribution >= 4 is 29.1 Å². The number of benzene rings is 2. The predicted octanol–water partition coefficient (Wildman–Crippen LogP) is 2.48. The highest BCUT2D eigenvalue weighted by Crippen LogP contribution is 2.14. The summed E-state index contributed by atoms with van der Waals surface area (Å²) in [5.41, 5.74) is 2.02. The number of para-hydroxylation sites is 1. The van der Waals surface area contributed by atoms with E-state index in [2.05, 4.69) is 20.9 Å². The molecule has 1 heterocycles. The lowest BCUT2D eigenvalue weighted by atomic mass is 10.0. The van der Waals surface area contributed by atoms with Crippen LogP contribution in [0.15, 0.2) is 54.6 Å². The van der Waals surface area contributed by atoms with Crippen LogP contribution in [0.1, 0.15) is 30.1 Å². The average molecular weight is 394 g/mol. The quantitative estimate of drug-likeness (QED) is 0.702. The number of hydrogen-bond donors (Lipinski definition) is 3. The fourth-order valence-electron chi connectivity index (χ4n) is 3.34. The molecule has 0 aromatic heterocycles. The molecule has 0 saturated carbocycles. The summed E-state index contributed by atoms with van der Waals surface area (Å²) in [7, 11) is 0. The van der Waals surface area contributed by atoms with Crippen molar-refractivity contribution in [3.05, 3.63) is 60.2 Å². The van der Waals surface area contributed by atoms with Crippen LogP contribution in [0.5, 0.6) is 0 Å². The van der Waals surface area contributed by atoms with Crippen molar-refractivity contribution < 1.29 is 14.4 Å². The first-order valence-electron chi connectivity index (χ1n) is 9.75. The van der Waals surface area contributed by atoms with Gasteiger partial charge in [-0.25, -0.2) is 0 Å². The van der Waals surface area contributed by atoms with Gasteiger partial charge >= 0.3 is 0 Å². The number of hydrogen-bond acceptors (Lipinski definition) is 4. The van der Waals surface area contributed by atoms with Gasteiger partial charge in [-0.1, -0.05) is 18.2 Å². The summed E-state index contributed by atoms with van der Waals surface area (Å²) in [5, 5.41) is 8.63. The van der Waals surface area contributed by atoms with E-state index < -0.39 is 0 Å². The zero-order valence-electron chi connectivity index (χ0n) is 16.5. The maximum atomic E-state index is 12.4. The van der Waals surface area contributed by atoms with Gasteiger partial charge in [0.1, 0.15) is 0 Å². The second-order valence-corrected chi connectivity index (χ2v) is 7.20. The molecule has 3 amide bonds. The molecule has 2 aromatic rings. The number of amides is 3. The van der Waals surface area contributed by atoms with Gasteiger partial charge in [0, 0.05) is 43.0 Å². The first-order chi connectivity index (χ1) is 14.0. The highest BCUT2D eigenvalue weighted by atomic mass is 16.2. The summed E-state index contributed by atoms with van der Waals surface area (Å²) in [6.45, 7) is 3.31. The van der Waals surface area contributed by atoms with E-state index in [4.69, 9.17) is 0 Å². The first-order valence-corrected chi connectivity index (χ1v) is 9.75. The third-order valence-corrected chi connectivity index (χ3v) is 4.82. The second-order valence-electron chi connectivity index (χ2n) is 7.20. The molecule has 0 bridgehead atoms. The largest absolute Gasteiger partial charge is 0.349 e. The van der Waals surface area contributed by atoms with Crippen molar-refractivity contribution in [2.75, 3.05) is 30.3 Å². The highest BCUT2D eigenvalue weighted by molar-refractivity contribution is 5.95. The van der Waals surface area contributed by atoms with E-state index in [0.717, 1.165) is 31.6 Å². The predicted molar refractivity (Wildman–Crippen MR) is 113 cm³/mol. The lowest BCUT2D eigenvalue weighted by Crippen LogP contribution is -2.46. The smallest absolute Gasteiger partial charge is 0.251 e. The molecule has 1 aliphatic rings. The third-order valence-electron chi connectivity index (χ3n) is 4.82. The maximum absolute atomic E-state index is 12.4. The van der Waals surface area contributed by atoms with E-state index in [9.17, 15) is 14.4 Å². The summed E-state index contributed by atoms with van der Waals surface area (Å²) in [6, 6.07) is 16.3. The summed E-state index contributed by atoms with van der Waals surface area (Å²) >= 11 is 0. The molecular weight excluding hydrogens is 368 g/mol. The SMILES string of the molecule is CC(=O)Nc1ccc(C(=O)NC2CCN(CC(=O)Nc3ccccc3)CC2)cc1. The molecule has 1 saturated heterocycles. The van der Waals surface area contributed by atoms with Gasteiger partial charge in [0.2, 0.25) is 11.8 Å². The van der Waals surface area contributed by atoms with Crippen LogP contribution in [-0.4, -0.2) is 48.3 Å². The van der Waals surface area contributed by atoms with Crippen molar-refractivity contribution in [3.63, 3.8) is 0 Å². The topological polar surface area (TPSA) is 90.5 Å². The maximum Gasteiger partial charge on any atom is 0.251 e. The second kappa shape index (κ2) is 9.84. The molecule has 152 valence electrons. The average Bonchev–Trinajstić information content (AvgIpc) is 2.70. The molecule has 0 radical (unpaired) electrons. The Morgan fingerprint density at radius 3 is 2.14 bits per heavy atom. The molecule has 0 spiro atoms. The van der Waals surface area contributed by atoms with Crippen LogP contribution in [0.25, 0.3) is 0 Å². The molecule has 0 atom stereocenters. The van der Waals surface area contributed by atoms with E-state index >= 15 is 0 Å². The number of nitrogens with zero attached hydrogens (tertiary/aromatic N) is 1. The standard InChI is InChI=1S/C22H26N4O3/c1-16(27)23-19-9-7-17(8-10-19)22(29)25-20-11-13-26(14-12-20)15-21(28)24-18-5-3-2-4-6-18/h2-10,20H,11-15H2,1H3,(H,23,27)(H,24,28)(H,25,29). The minimum atomic E-state index is -0.147. The Labute approximate surface area is 170 Å². The zero-order valence-corrected chi connectivity index (χ0v) is 16.5. The molecule has 0 aliphatic carbocycles. The van der Waals surface area contributed by atoms with Crippen molar-refractivity contribution in [1.82, 2.24) is 10.2 Å². The molecule has 3 N–H and O–H groups in total. The van der Waals surface area contributed by atoms with Crippen molar-refractivity contribution in [2.45, 2.75) is 25.8 Å². The molecule has 7 heteroatoms. The van der Waals surface area contributed by atoms with Crippen molar-refractivity contribution in [3.8, 4) is 0 Å². The molecule has 3 rings (SSSR count). The first kappa shape index (κ1) is 20.5. The van der Waals surface area contributed by atoms with Crippen LogP contribution in [0.2, 0.25) is 0 Å². The van der Waals surface area contributed by atoms with Crippen molar-refractivity contribution in [1.29, 1.82) is 0 Å². The molecule has 1 fully saturated rings. The molecule has 0 unspecified atom stereocenters. The van der Waals surface area contributed by atoms with Crippen LogP contribution in [0.4, 0.5) is 11.4 Å².